The highest BCUT2D eigenvalue weighted by Crippen LogP contribution is 2.46. The van der Waals surface area contributed by atoms with Crippen LogP contribution in [0.3, 0.4) is 0 Å². The van der Waals surface area contributed by atoms with Gasteiger partial charge < -0.3 is 4.90 Å². The Hall–Kier alpha value is -1.10. The number of halogens is 2. The molecule has 0 bridgehead atoms. The van der Waals surface area contributed by atoms with Crippen LogP contribution in [0.1, 0.15) is 37.7 Å². The lowest BCUT2D eigenvalue weighted by atomic mass is 9.85. The van der Waals surface area contributed by atoms with E-state index >= 15 is 0 Å². The average molecular weight is 356 g/mol. The van der Waals surface area contributed by atoms with Gasteiger partial charge in [-0.3, -0.25) is 9.59 Å². The number of likely N-dealkylation sites (tertiary alicyclic amines) is 1. The van der Waals surface area contributed by atoms with Crippen LogP contribution < -0.4 is 4.90 Å². The van der Waals surface area contributed by atoms with Crippen molar-refractivity contribution in [2.45, 2.75) is 38.6 Å². The maximum absolute atomic E-state index is 12.7. The molecule has 1 unspecified atom stereocenters. The first-order chi connectivity index (χ1) is 10.9. The molecule has 2 fully saturated rings. The Kier molecular flexibility index (Phi) is 4.68. The van der Waals surface area contributed by atoms with Crippen LogP contribution in [0, 0.1) is 5.41 Å². The fourth-order valence-electron chi connectivity index (χ4n) is 3.79. The molecule has 0 aromatic heterocycles. The highest BCUT2D eigenvalue weighted by molar-refractivity contribution is 6.42. The summed E-state index contributed by atoms with van der Waals surface area (Å²) in [4.78, 5) is 27.5. The number of imide groups is 1. The van der Waals surface area contributed by atoms with Crippen LogP contribution in [0.25, 0.3) is 0 Å². The Bertz CT molecular complexity index is 641. The van der Waals surface area contributed by atoms with Crippen LogP contribution in [-0.4, -0.2) is 30.4 Å². The number of carbonyl (C=O) groups is 2. The van der Waals surface area contributed by atoms with Gasteiger partial charge in [-0.25, -0.2) is 4.90 Å². The Morgan fingerprint density at radius 1 is 1.17 bits per heavy atom. The number of nitrogens with one attached hydrogen (secondary N) is 1. The number of carbonyl (C=O) groups excluding carboxylic acids is 2. The first-order valence-corrected chi connectivity index (χ1v) is 8.77. The third-order valence-corrected chi connectivity index (χ3v) is 5.71. The van der Waals surface area contributed by atoms with Gasteiger partial charge in [0.05, 0.1) is 22.5 Å². The van der Waals surface area contributed by atoms with Crippen LogP contribution >= 0.6 is 23.2 Å². The third-order valence-electron chi connectivity index (χ3n) is 4.97. The van der Waals surface area contributed by atoms with E-state index in [-0.39, 0.29) is 17.2 Å². The first kappa shape index (κ1) is 16.7. The SMILES string of the molecule is C[NH+](Cc1ccc(Cl)c(Cl)c1)CN1C(=O)CC2(CCCC2)C1=O. The van der Waals surface area contributed by atoms with E-state index in [1.165, 1.54) is 4.90 Å². The quantitative estimate of drug-likeness (QED) is 0.842. The van der Waals surface area contributed by atoms with Crippen molar-refractivity contribution >= 4 is 35.0 Å². The van der Waals surface area contributed by atoms with Crippen LogP contribution in [0.2, 0.25) is 10.0 Å². The van der Waals surface area contributed by atoms with E-state index in [0.717, 1.165) is 36.1 Å². The number of hydrogen-bond acceptors (Lipinski definition) is 2. The fraction of sp³-hybridized carbons (Fsp3) is 0.529. The second-order valence-corrected chi connectivity index (χ2v) is 7.65. The number of amides is 2. The molecule has 1 aromatic carbocycles. The van der Waals surface area contributed by atoms with Gasteiger partial charge in [0.25, 0.3) is 0 Å². The molecule has 4 nitrogen and oxygen atoms in total. The van der Waals surface area contributed by atoms with Gasteiger partial charge in [-0.1, -0.05) is 42.1 Å². The topological polar surface area (TPSA) is 41.8 Å². The summed E-state index contributed by atoms with van der Waals surface area (Å²) in [6, 6.07) is 5.52. The number of hydrogen-bond donors (Lipinski definition) is 1. The summed E-state index contributed by atoms with van der Waals surface area (Å²) >= 11 is 12.0. The molecule has 1 aliphatic heterocycles. The Morgan fingerprint density at radius 3 is 2.52 bits per heavy atom. The van der Waals surface area contributed by atoms with Crippen LogP contribution in [0.4, 0.5) is 0 Å². The molecule has 1 atom stereocenters. The minimum Gasteiger partial charge on any atom is -0.316 e. The maximum Gasteiger partial charge on any atom is 0.240 e. The monoisotopic (exact) mass is 355 g/mol. The lowest BCUT2D eigenvalue weighted by Gasteiger charge is -2.23. The highest BCUT2D eigenvalue weighted by Gasteiger charge is 2.53. The van der Waals surface area contributed by atoms with Gasteiger partial charge in [0.15, 0.2) is 6.67 Å². The van der Waals surface area contributed by atoms with Gasteiger partial charge in [0.1, 0.15) is 6.54 Å². The molecule has 0 radical (unpaired) electrons. The van der Waals surface area contributed by atoms with Gasteiger partial charge >= 0.3 is 0 Å². The van der Waals surface area contributed by atoms with Crippen molar-refractivity contribution in [2.24, 2.45) is 5.41 Å². The number of benzene rings is 1. The second-order valence-electron chi connectivity index (χ2n) is 6.83. The molecule has 1 aromatic rings. The zero-order valence-corrected chi connectivity index (χ0v) is 14.7. The molecule has 1 aliphatic carbocycles. The minimum absolute atomic E-state index is 0.0228. The molecular weight excluding hydrogens is 335 g/mol. The predicted octanol–water partition coefficient (Wildman–Crippen LogP) is 2.28. The Labute approximate surface area is 146 Å². The Morgan fingerprint density at radius 2 is 1.87 bits per heavy atom. The molecule has 2 aliphatic rings. The van der Waals surface area contributed by atoms with Crippen LogP contribution in [0.15, 0.2) is 18.2 Å². The standard InChI is InChI=1S/C17H20Cl2N2O2/c1-20(10-12-4-5-13(18)14(19)8-12)11-21-15(22)9-17(16(21)23)6-2-3-7-17/h4-5,8H,2-3,6-7,9-11H2,1H3/p+1. The minimum atomic E-state index is -0.388. The molecule has 1 N–H and O–H groups in total. The summed E-state index contributed by atoms with van der Waals surface area (Å²) in [5, 5.41) is 1.05. The van der Waals surface area contributed by atoms with Crippen molar-refractivity contribution in [1.29, 1.82) is 0 Å². The van der Waals surface area contributed by atoms with Crippen LogP contribution in [-0.2, 0) is 16.1 Å². The highest BCUT2D eigenvalue weighted by atomic mass is 35.5. The van der Waals surface area contributed by atoms with E-state index in [1.54, 1.807) is 6.07 Å². The van der Waals surface area contributed by atoms with E-state index < -0.39 is 0 Å². The van der Waals surface area contributed by atoms with E-state index in [9.17, 15) is 9.59 Å². The van der Waals surface area contributed by atoms with Crippen molar-refractivity contribution in [3.63, 3.8) is 0 Å². The smallest absolute Gasteiger partial charge is 0.240 e. The normalized spacial score (nSPS) is 21.4. The second kappa shape index (κ2) is 6.42. The van der Waals surface area contributed by atoms with Crippen molar-refractivity contribution in [3.8, 4) is 0 Å². The summed E-state index contributed by atoms with van der Waals surface area (Å²) < 4.78 is 0. The molecule has 2 amide bonds. The van der Waals surface area contributed by atoms with Crippen molar-refractivity contribution in [1.82, 2.24) is 4.90 Å². The molecular formula is C17H21Cl2N2O2+. The largest absolute Gasteiger partial charge is 0.316 e. The van der Waals surface area contributed by atoms with Crippen molar-refractivity contribution in [3.05, 3.63) is 33.8 Å². The molecule has 124 valence electrons. The summed E-state index contributed by atoms with van der Waals surface area (Å²) in [5.41, 5.74) is 0.646. The average Bonchev–Trinajstić information content (AvgIpc) is 3.05. The number of quaternary nitrogens is 1. The van der Waals surface area contributed by atoms with Gasteiger partial charge in [-0.05, 0) is 25.0 Å². The fourth-order valence-corrected chi connectivity index (χ4v) is 4.11. The van der Waals surface area contributed by atoms with Gasteiger partial charge in [-0.2, -0.15) is 0 Å². The van der Waals surface area contributed by atoms with Gasteiger partial charge in [-0.15, -0.1) is 0 Å². The lowest BCUT2D eigenvalue weighted by molar-refractivity contribution is -0.901. The van der Waals surface area contributed by atoms with Crippen molar-refractivity contribution < 1.29 is 14.5 Å². The third kappa shape index (κ3) is 3.25. The predicted molar refractivity (Wildman–Crippen MR) is 89.3 cm³/mol. The molecule has 23 heavy (non-hydrogen) atoms. The summed E-state index contributed by atoms with van der Waals surface area (Å²) in [6.45, 7) is 1.08. The van der Waals surface area contributed by atoms with Gasteiger partial charge in [0.2, 0.25) is 11.8 Å². The molecule has 6 heteroatoms. The zero-order valence-electron chi connectivity index (χ0n) is 13.2. The van der Waals surface area contributed by atoms with Gasteiger partial charge in [0, 0.05) is 12.0 Å². The molecule has 1 saturated carbocycles. The van der Waals surface area contributed by atoms with Crippen LogP contribution in [0.5, 0.6) is 0 Å². The maximum atomic E-state index is 12.7. The molecule has 1 spiro atoms. The van der Waals surface area contributed by atoms with E-state index in [4.69, 9.17) is 23.2 Å². The van der Waals surface area contributed by atoms with E-state index in [2.05, 4.69) is 0 Å². The molecule has 1 saturated heterocycles. The lowest BCUT2D eigenvalue weighted by Crippen LogP contribution is -3.09. The first-order valence-electron chi connectivity index (χ1n) is 8.01. The summed E-state index contributed by atoms with van der Waals surface area (Å²) in [7, 11) is 1.97. The number of rotatable bonds is 4. The molecule has 3 rings (SSSR count). The Balaban J connectivity index is 1.65. The van der Waals surface area contributed by atoms with E-state index in [1.807, 2.05) is 19.2 Å². The van der Waals surface area contributed by atoms with Crippen molar-refractivity contribution in [2.75, 3.05) is 13.7 Å². The van der Waals surface area contributed by atoms with E-state index in [0.29, 0.717) is 29.7 Å². The summed E-state index contributed by atoms with van der Waals surface area (Å²) in [5.74, 6) is 0.0128. The molecule has 1 heterocycles. The number of nitrogens with zero attached hydrogens (tertiary/aromatic N) is 1. The zero-order chi connectivity index (χ0) is 16.6. The summed E-state index contributed by atoms with van der Waals surface area (Å²) in [6.07, 6.45) is 4.23.